The van der Waals surface area contributed by atoms with E-state index in [0.717, 1.165) is 22.4 Å². The Balaban J connectivity index is 1.93. The van der Waals surface area contributed by atoms with Crippen molar-refractivity contribution in [3.05, 3.63) is 48.0 Å². The molecule has 2 rings (SSSR count). The van der Waals surface area contributed by atoms with E-state index in [4.69, 9.17) is 0 Å². The van der Waals surface area contributed by atoms with E-state index < -0.39 is 0 Å². The topological polar surface area (TPSA) is 62.6 Å². The minimum absolute atomic E-state index is 0.0211. The lowest BCUT2D eigenvalue weighted by Crippen LogP contribution is -3.14. The van der Waals surface area contributed by atoms with Gasteiger partial charge in [-0.1, -0.05) is 36.4 Å². The summed E-state index contributed by atoms with van der Waals surface area (Å²) in [5, 5.41) is 8.27. The molecule has 1 unspecified atom stereocenters. The summed E-state index contributed by atoms with van der Waals surface area (Å²) < 4.78 is 0. The second-order valence-electron chi connectivity index (χ2n) is 7.08. The van der Waals surface area contributed by atoms with Gasteiger partial charge < -0.3 is 15.5 Å². The summed E-state index contributed by atoms with van der Waals surface area (Å²) in [7, 11) is 0. The lowest BCUT2D eigenvalue weighted by atomic mass is 10.0. The summed E-state index contributed by atoms with van der Waals surface area (Å²) in [6.45, 7) is 9.16. The predicted octanol–water partition coefficient (Wildman–Crippen LogP) is 1.45. The molecule has 2 amide bonds. The van der Waals surface area contributed by atoms with Crippen LogP contribution in [0.2, 0.25) is 0 Å². The molecule has 0 aliphatic heterocycles. The first-order valence-corrected chi connectivity index (χ1v) is 9.30. The van der Waals surface area contributed by atoms with Gasteiger partial charge in [-0.15, -0.1) is 0 Å². The molecule has 0 saturated heterocycles. The van der Waals surface area contributed by atoms with Gasteiger partial charge in [-0.05, 0) is 50.1 Å². The Morgan fingerprint density at radius 2 is 1.54 bits per heavy atom. The monoisotopic (exact) mass is 356 g/mol. The molecule has 5 nitrogen and oxygen atoms in total. The highest BCUT2D eigenvalue weighted by molar-refractivity contribution is 5.83. The molecule has 2 atom stereocenters. The number of amides is 2. The molecule has 0 spiro atoms. The van der Waals surface area contributed by atoms with Crippen LogP contribution in [-0.4, -0.2) is 37.5 Å². The zero-order valence-electron chi connectivity index (χ0n) is 16.1. The molecule has 0 bridgehead atoms. The number of benzene rings is 2. The minimum atomic E-state index is -0.0743. The van der Waals surface area contributed by atoms with E-state index >= 15 is 0 Å². The normalized spacial score (nSPS) is 13.4. The number of nitrogens with one attached hydrogen (secondary N) is 3. The number of hydrogen-bond donors (Lipinski definition) is 3. The highest BCUT2D eigenvalue weighted by Gasteiger charge is 2.18. The van der Waals surface area contributed by atoms with E-state index in [1.165, 1.54) is 5.39 Å². The van der Waals surface area contributed by atoms with Gasteiger partial charge in [0.05, 0.1) is 12.6 Å². The van der Waals surface area contributed by atoms with Crippen molar-refractivity contribution in [1.82, 2.24) is 10.6 Å². The third kappa shape index (κ3) is 5.85. The minimum Gasteiger partial charge on any atom is -0.349 e. The average Bonchev–Trinajstić information content (AvgIpc) is 2.59. The predicted molar refractivity (Wildman–Crippen MR) is 105 cm³/mol. The summed E-state index contributed by atoms with van der Waals surface area (Å²) in [5.41, 5.74) is 1.08. The molecule has 0 aliphatic carbocycles. The van der Waals surface area contributed by atoms with Crippen LogP contribution in [-0.2, 0) is 9.59 Å². The highest BCUT2D eigenvalue weighted by Crippen LogP contribution is 2.20. The number of rotatable bonds is 8. The summed E-state index contributed by atoms with van der Waals surface area (Å²) in [4.78, 5) is 25.3. The van der Waals surface area contributed by atoms with E-state index in [2.05, 4.69) is 34.9 Å². The first-order chi connectivity index (χ1) is 12.4. The second-order valence-corrected chi connectivity index (χ2v) is 7.08. The van der Waals surface area contributed by atoms with Gasteiger partial charge in [0.25, 0.3) is 11.8 Å². The van der Waals surface area contributed by atoms with Crippen LogP contribution in [0, 0.1) is 0 Å². The maximum Gasteiger partial charge on any atom is 0.275 e. The average molecular weight is 356 g/mol. The fourth-order valence-corrected chi connectivity index (χ4v) is 2.99. The lowest BCUT2D eigenvalue weighted by molar-refractivity contribution is -0.881. The molecule has 0 fully saturated rings. The van der Waals surface area contributed by atoms with Crippen molar-refractivity contribution in [2.24, 2.45) is 0 Å². The molecule has 26 heavy (non-hydrogen) atoms. The van der Waals surface area contributed by atoms with Crippen molar-refractivity contribution >= 4 is 22.6 Å². The first-order valence-electron chi connectivity index (χ1n) is 9.30. The number of fused-ring (bicyclic) bond motifs is 1. The zero-order chi connectivity index (χ0) is 19.1. The Kier molecular flexibility index (Phi) is 7.16. The van der Waals surface area contributed by atoms with Gasteiger partial charge in [0.15, 0.2) is 13.1 Å². The molecular weight excluding hydrogens is 326 g/mol. The Morgan fingerprint density at radius 1 is 0.923 bits per heavy atom. The largest absolute Gasteiger partial charge is 0.349 e. The molecule has 140 valence electrons. The molecule has 5 heteroatoms. The molecule has 0 aliphatic rings. The van der Waals surface area contributed by atoms with E-state index in [0.29, 0.717) is 13.1 Å². The van der Waals surface area contributed by atoms with Gasteiger partial charge in [-0.25, -0.2) is 0 Å². The Hall–Kier alpha value is -2.40. The third-order valence-corrected chi connectivity index (χ3v) is 4.42. The van der Waals surface area contributed by atoms with E-state index in [-0.39, 0.29) is 23.9 Å². The SMILES string of the molecule is CC[NH+](CC(=O)NC(C)C)CC(=O)N[C@H](C)c1ccc2ccccc2c1. The van der Waals surface area contributed by atoms with Crippen molar-refractivity contribution in [1.29, 1.82) is 0 Å². The van der Waals surface area contributed by atoms with Gasteiger partial charge in [-0.2, -0.15) is 0 Å². The summed E-state index contributed by atoms with van der Waals surface area (Å²) in [6, 6.07) is 14.5. The smallest absolute Gasteiger partial charge is 0.275 e. The number of likely N-dealkylation sites (N-methyl/N-ethyl adjacent to an activating group) is 1. The van der Waals surface area contributed by atoms with Gasteiger partial charge in [-0.3, -0.25) is 9.59 Å². The van der Waals surface area contributed by atoms with Crippen LogP contribution in [0.1, 0.15) is 39.3 Å². The Labute approximate surface area is 155 Å². The van der Waals surface area contributed by atoms with Crippen LogP contribution < -0.4 is 15.5 Å². The van der Waals surface area contributed by atoms with E-state index in [1.54, 1.807) is 0 Å². The van der Waals surface area contributed by atoms with Crippen LogP contribution in [0.5, 0.6) is 0 Å². The summed E-state index contributed by atoms with van der Waals surface area (Å²) >= 11 is 0. The second kappa shape index (κ2) is 9.34. The van der Waals surface area contributed by atoms with Crippen molar-refractivity contribution in [2.75, 3.05) is 19.6 Å². The van der Waals surface area contributed by atoms with E-state index in [1.807, 2.05) is 45.9 Å². The van der Waals surface area contributed by atoms with Crippen molar-refractivity contribution in [3.63, 3.8) is 0 Å². The van der Waals surface area contributed by atoms with Gasteiger partial charge in [0.2, 0.25) is 0 Å². The molecule has 0 heterocycles. The summed E-state index contributed by atoms with van der Waals surface area (Å²) in [6.07, 6.45) is 0. The van der Waals surface area contributed by atoms with Crippen LogP contribution in [0.4, 0.5) is 0 Å². The number of carbonyl (C=O) groups is 2. The van der Waals surface area contributed by atoms with Crippen molar-refractivity contribution in [2.45, 2.75) is 39.8 Å². The standard InChI is InChI=1S/C21H29N3O2/c1-5-24(13-20(25)22-15(2)3)14-21(26)23-16(4)18-11-10-17-8-6-7-9-19(17)12-18/h6-12,15-16H,5,13-14H2,1-4H3,(H,22,25)(H,23,26)/p+1/t16-/m1/s1. The first kappa shape index (κ1) is 19.9. The molecule has 2 aromatic carbocycles. The Bertz CT molecular complexity index is 758. The molecule has 0 saturated carbocycles. The molecule has 3 N–H and O–H groups in total. The molecule has 2 aromatic rings. The lowest BCUT2D eigenvalue weighted by Gasteiger charge is -2.20. The van der Waals surface area contributed by atoms with Gasteiger partial charge in [0.1, 0.15) is 0 Å². The maximum atomic E-state index is 12.4. The van der Waals surface area contributed by atoms with E-state index in [9.17, 15) is 9.59 Å². The molecular formula is C21H30N3O2+. The number of quaternary nitrogens is 1. The van der Waals surface area contributed by atoms with Crippen LogP contribution >= 0.6 is 0 Å². The highest BCUT2D eigenvalue weighted by atomic mass is 16.2. The number of carbonyl (C=O) groups excluding carboxylic acids is 2. The Morgan fingerprint density at radius 3 is 2.15 bits per heavy atom. The van der Waals surface area contributed by atoms with Gasteiger partial charge >= 0.3 is 0 Å². The third-order valence-electron chi connectivity index (χ3n) is 4.42. The van der Waals surface area contributed by atoms with Crippen molar-refractivity contribution < 1.29 is 14.5 Å². The van der Waals surface area contributed by atoms with Crippen LogP contribution in [0.25, 0.3) is 10.8 Å². The van der Waals surface area contributed by atoms with Gasteiger partial charge in [0, 0.05) is 6.04 Å². The fourth-order valence-electron chi connectivity index (χ4n) is 2.99. The van der Waals surface area contributed by atoms with Crippen LogP contribution in [0.3, 0.4) is 0 Å². The fraction of sp³-hybridized carbons (Fsp3) is 0.429. The zero-order valence-corrected chi connectivity index (χ0v) is 16.1. The summed E-state index contributed by atoms with van der Waals surface area (Å²) in [5.74, 6) is -0.0629. The maximum absolute atomic E-state index is 12.4. The molecule has 0 aromatic heterocycles. The quantitative estimate of drug-likeness (QED) is 0.670. The van der Waals surface area contributed by atoms with Crippen molar-refractivity contribution in [3.8, 4) is 0 Å². The molecule has 0 radical (unpaired) electrons. The number of hydrogen-bond acceptors (Lipinski definition) is 2. The van der Waals surface area contributed by atoms with Crippen LogP contribution in [0.15, 0.2) is 42.5 Å².